The van der Waals surface area contributed by atoms with Crippen LogP contribution >= 0.6 is 22.9 Å². The molecule has 0 amide bonds. The van der Waals surface area contributed by atoms with Crippen molar-refractivity contribution in [1.29, 1.82) is 0 Å². The molecule has 0 atom stereocenters. The number of hydrogen-bond donors (Lipinski definition) is 2. The number of thiazole rings is 1. The van der Waals surface area contributed by atoms with Crippen molar-refractivity contribution < 1.29 is 9.90 Å². The van der Waals surface area contributed by atoms with Gasteiger partial charge in [-0.3, -0.25) is 4.79 Å². The van der Waals surface area contributed by atoms with Crippen LogP contribution in [0.5, 0.6) is 0 Å². The first-order valence-electron chi connectivity index (χ1n) is 8.27. The monoisotopic (exact) mass is 386 g/mol. The third-order valence-electron chi connectivity index (χ3n) is 3.94. The predicted octanol–water partition coefficient (Wildman–Crippen LogP) is 5.96. The highest BCUT2D eigenvalue weighted by Gasteiger charge is 2.16. The Labute approximate surface area is 161 Å². The van der Waals surface area contributed by atoms with Gasteiger partial charge in [-0.2, -0.15) is 0 Å². The van der Waals surface area contributed by atoms with Gasteiger partial charge in [-0.05, 0) is 29.7 Å². The molecule has 26 heavy (non-hydrogen) atoms. The topological polar surface area (TPSA) is 62.2 Å². The molecular formula is C20H19ClN2O2S. The molecule has 0 fully saturated rings. The first kappa shape index (κ1) is 18.4. The summed E-state index contributed by atoms with van der Waals surface area (Å²) in [6.07, 6.45) is -0.0594. The first-order valence-corrected chi connectivity index (χ1v) is 9.46. The molecule has 0 bridgehead atoms. The molecule has 0 aliphatic carbocycles. The maximum Gasteiger partial charge on any atom is 0.308 e. The van der Waals surface area contributed by atoms with E-state index in [9.17, 15) is 9.90 Å². The summed E-state index contributed by atoms with van der Waals surface area (Å²) in [7, 11) is 0. The van der Waals surface area contributed by atoms with Crippen LogP contribution in [0.1, 0.15) is 30.2 Å². The number of anilines is 2. The van der Waals surface area contributed by atoms with Gasteiger partial charge in [0, 0.05) is 21.2 Å². The van der Waals surface area contributed by atoms with Crippen LogP contribution in [-0.4, -0.2) is 16.1 Å². The molecule has 134 valence electrons. The Morgan fingerprint density at radius 1 is 1.23 bits per heavy atom. The lowest BCUT2D eigenvalue weighted by molar-refractivity contribution is -0.136. The Bertz CT molecular complexity index is 920. The van der Waals surface area contributed by atoms with Crippen LogP contribution in [0.15, 0.2) is 48.5 Å². The normalized spacial score (nSPS) is 10.9. The predicted molar refractivity (Wildman–Crippen MR) is 108 cm³/mol. The van der Waals surface area contributed by atoms with Crippen molar-refractivity contribution in [3.8, 4) is 11.3 Å². The van der Waals surface area contributed by atoms with Crippen LogP contribution in [0.3, 0.4) is 0 Å². The van der Waals surface area contributed by atoms with Gasteiger partial charge in [-0.15, -0.1) is 11.3 Å². The molecule has 0 saturated carbocycles. The molecule has 0 aliphatic heterocycles. The number of carbonyl (C=O) groups is 1. The maximum atomic E-state index is 11.2. The molecule has 3 rings (SSSR count). The zero-order valence-electron chi connectivity index (χ0n) is 14.5. The summed E-state index contributed by atoms with van der Waals surface area (Å²) in [6, 6.07) is 15.5. The number of carboxylic acids is 1. The average molecular weight is 387 g/mol. The molecule has 1 heterocycles. The minimum Gasteiger partial charge on any atom is -0.481 e. The van der Waals surface area contributed by atoms with Gasteiger partial charge >= 0.3 is 5.97 Å². The number of nitrogens with one attached hydrogen (secondary N) is 1. The molecule has 2 N–H and O–H groups in total. The molecule has 2 aromatic carbocycles. The van der Waals surface area contributed by atoms with Crippen LogP contribution in [-0.2, 0) is 11.2 Å². The summed E-state index contributed by atoms with van der Waals surface area (Å²) >= 11 is 7.37. The van der Waals surface area contributed by atoms with Crippen molar-refractivity contribution >= 4 is 39.7 Å². The average Bonchev–Trinajstić information content (AvgIpc) is 2.96. The Hall–Kier alpha value is -2.37. The molecule has 6 heteroatoms. The Balaban J connectivity index is 1.95. The molecule has 0 spiro atoms. The SMILES string of the molecule is CC(C)c1ccc(-c2nc(Nc3cccc(Cl)c3)sc2CC(=O)O)cc1. The highest BCUT2D eigenvalue weighted by Crippen LogP contribution is 2.34. The maximum absolute atomic E-state index is 11.2. The number of nitrogens with zero attached hydrogens (tertiary/aromatic N) is 1. The Morgan fingerprint density at radius 3 is 2.58 bits per heavy atom. The van der Waals surface area contributed by atoms with E-state index in [4.69, 9.17) is 11.6 Å². The van der Waals surface area contributed by atoms with Crippen molar-refractivity contribution in [1.82, 2.24) is 4.98 Å². The number of carboxylic acid groups (broad SMARTS) is 1. The molecule has 0 saturated heterocycles. The third-order valence-corrected chi connectivity index (χ3v) is 5.14. The first-order chi connectivity index (χ1) is 12.4. The van der Waals surface area contributed by atoms with E-state index in [1.807, 2.05) is 24.3 Å². The van der Waals surface area contributed by atoms with Crippen molar-refractivity contribution in [3.05, 3.63) is 64.0 Å². The molecule has 0 radical (unpaired) electrons. The van der Waals surface area contributed by atoms with Gasteiger partial charge in [0.25, 0.3) is 0 Å². The molecular weight excluding hydrogens is 368 g/mol. The van der Waals surface area contributed by atoms with Gasteiger partial charge in [0.1, 0.15) is 0 Å². The van der Waals surface area contributed by atoms with E-state index in [1.165, 1.54) is 16.9 Å². The van der Waals surface area contributed by atoms with E-state index in [2.05, 4.69) is 36.3 Å². The molecule has 3 aromatic rings. The quantitative estimate of drug-likeness (QED) is 0.548. The van der Waals surface area contributed by atoms with Crippen LogP contribution in [0.2, 0.25) is 5.02 Å². The van der Waals surface area contributed by atoms with Gasteiger partial charge in [0.05, 0.1) is 12.1 Å². The van der Waals surface area contributed by atoms with Gasteiger partial charge in [0.15, 0.2) is 5.13 Å². The summed E-state index contributed by atoms with van der Waals surface area (Å²) in [4.78, 5) is 16.6. The van der Waals surface area contributed by atoms with Gasteiger partial charge in [0.2, 0.25) is 0 Å². The van der Waals surface area contributed by atoms with Gasteiger partial charge in [-0.1, -0.05) is 55.8 Å². The fourth-order valence-electron chi connectivity index (χ4n) is 2.60. The molecule has 0 aliphatic rings. The van der Waals surface area contributed by atoms with Crippen molar-refractivity contribution in [2.45, 2.75) is 26.2 Å². The largest absolute Gasteiger partial charge is 0.481 e. The summed E-state index contributed by atoms with van der Waals surface area (Å²) in [6.45, 7) is 4.28. The van der Waals surface area contributed by atoms with Crippen molar-refractivity contribution in [3.63, 3.8) is 0 Å². The Kier molecular flexibility index (Phi) is 5.59. The van der Waals surface area contributed by atoms with Crippen molar-refractivity contribution in [2.24, 2.45) is 0 Å². The number of benzene rings is 2. The highest BCUT2D eigenvalue weighted by atomic mass is 35.5. The Morgan fingerprint density at radius 2 is 1.96 bits per heavy atom. The van der Waals surface area contributed by atoms with E-state index in [0.717, 1.165) is 16.1 Å². The standard InChI is InChI=1S/C20H19ClN2O2S/c1-12(2)13-6-8-14(9-7-13)19-17(11-18(24)25)26-20(23-19)22-16-5-3-4-15(21)10-16/h3-10,12H,11H2,1-2H3,(H,22,23)(H,24,25). The van der Waals surface area contributed by atoms with E-state index in [-0.39, 0.29) is 6.42 Å². The summed E-state index contributed by atoms with van der Waals surface area (Å²) < 4.78 is 0. The zero-order valence-corrected chi connectivity index (χ0v) is 16.1. The second-order valence-electron chi connectivity index (χ2n) is 6.27. The van der Waals surface area contributed by atoms with Gasteiger partial charge in [-0.25, -0.2) is 4.98 Å². The van der Waals surface area contributed by atoms with Crippen LogP contribution in [0.4, 0.5) is 10.8 Å². The fraction of sp³-hybridized carbons (Fsp3) is 0.200. The number of rotatable bonds is 6. The molecule has 0 unspecified atom stereocenters. The summed E-state index contributed by atoms with van der Waals surface area (Å²) in [5.41, 5.74) is 3.68. The summed E-state index contributed by atoms with van der Waals surface area (Å²) in [5, 5.41) is 13.7. The lowest BCUT2D eigenvalue weighted by atomic mass is 10.0. The second kappa shape index (κ2) is 7.89. The number of hydrogen-bond acceptors (Lipinski definition) is 4. The smallest absolute Gasteiger partial charge is 0.308 e. The van der Waals surface area contributed by atoms with Crippen LogP contribution in [0, 0.1) is 0 Å². The summed E-state index contributed by atoms with van der Waals surface area (Å²) in [5.74, 6) is -0.430. The molecule has 4 nitrogen and oxygen atoms in total. The fourth-order valence-corrected chi connectivity index (χ4v) is 3.79. The van der Waals surface area contributed by atoms with Crippen molar-refractivity contribution in [2.75, 3.05) is 5.32 Å². The lowest BCUT2D eigenvalue weighted by Crippen LogP contribution is -1.99. The van der Waals surface area contributed by atoms with E-state index in [1.54, 1.807) is 12.1 Å². The van der Waals surface area contributed by atoms with Gasteiger partial charge < -0.3 is 10.4 Å². The van der Waals surface area contributed by atoms with E-state index < -0.39 is 5.97 Å². The van der Waals surface area contributed by atoms with E-state index >= 15 is 0 Å². The third kappa shape index (κ3) is 4.42. The minimum absolute atomic E-state index is 0.0594. The molecule has 1 aromatic heterocycles. The van der Waals surface area contributed by atoms with Crippen LogP contribution in [0.25, 0.3) is 11.3 Å². The minimum atomic E-state index is -0.872. The number of halogens is 1. The number of aromatic nitrogens is 1. The van der Waals surface area contributed by atoms with E-state index in [0.29, 0.717) is 21.8 Å². The highest BCUT2D eigenvalue weighted by molar-refractivity contribution is 7.16. The zero-order chi connectivity index (χ0) is 18.7. The number of aliphatic carboxylic acids is 1. The second-order valence-corrected chi connectivity index (χ2v) is 7.79. The van der Waals surface area contributed by atoms with Crippen LogP contribution < -0.4 is 5.32 Å². The lowest BCUT2D eigenvalue weighted by Gasteiger charge is -2.06.